The first-order valence-corrected chi connectivity index (χ1v) is 6.13. The summed E-state index contributed by atoms with van der Waals surface area (Å²) in [7, 11) is 0. The number of nitrogens with one attached hydrogen (secondary N) is 1. The van der Waals surface area contributed by atoms with Gasteiger partial charge in [-0.15, -0.1) is 0 Å². The van der Waals surface area contributed by atoms with Gasteiger partial charge >= 0.3 is 0 Å². The molecule has 0 atom stereocenters. The molecular formula is C14H20F2N2. The van der Waals surface area contributed by atoms with E-state index in [1.54, 1.807) is 0 Å². The number of rotatable bonds is 4. The second-order valence-electron chi connectivity index (χ2n) is 4.92. The lowest BCUT2D eigenvalue weighted by Crippen LogP contribution is -2.42. The first-order valence-electron chi connectivity index (χ1n) is 6.13. The standard InChI is InChI=1S/C14H20F2N2/c1-9(2)18(10(3)4)14(17)8-11-12(15)6-5-7-13(11)16/h5-7,9-10,17H,8H2,1-4H3. The highest BCUT2D eigenvalue weighted by molar-refractivity contribution is 5.82. The van der Waals surface area contributed by atoms with Crippen LogP contribution in [0.3, 0.4) is 0 Å². The second-order valence-corrected chi connectivity index (χ2v) is 4.92. The third-order valence-corrected chi connectivity index (χ3v) is 2.83. The van der Waals surface area contributed by atoms with Crippen LogP contribution in [0.5, 0.6) is 0 Å². The minimum atomic E-state index is -0.591. The third kappa shape index (κ3) is 3.28. The summed E-state index contributed by atoms with van der Waals surface area (Å²) in [4.78, 5) is 1.85. The normalized spacial score (nSPS) is 11.1. The van der Waals surface area contributed by atoms with E-state index in [1.807, 2.05) is 32.6 Å². The van der Waals surface area contributed by atoms with Crippen molar-refractivity contribution in [2.75, 3.05) is 0 Å². The van der Waals surface area contributed by atoms with Gasteiger partial charge in [0.15, 0.2) is 0 Å². The first-order chi connectivity index (χ1) is 8.34. The lowest BCUT2D eigenvalue weighted by atomic mass is 10.1. The molecule has 1 aromatic rings. The summed E-state index contributed by atoms with van der Waals surface area (Å²) in [5.74, 6) is -0.941. The number of amidine groups is 1. The summed E-state index contributed by atoms with van der Waals surface area (Å²) in [5, 5.41) is 8.03. The molecule has 2 nitrogen and oxygen atoms in total. The molecule has 0 heterocycles. The van der Waals surface area contributed by atoms with Crippen molar-refractivity contribution in [3.63, 3.8) is 0 Å². The van der Waals surface area contributed by atoms with Crippen molar-refractivity contribution in [1.82, 2.24) is 4.90 Å². The Morgan fingerprint density at radius 2 is 1.56 bits per heavy atom. The van der Waals surface area contributed by atoms with E-state index >= 15 is 0 Å². The van der Waals surface area contributed by atoms with Gasteiger partial charge in [-0.25, -0.2) is 8.78 Å². The van der Waals surface area contributed by atoms with E-state index in [9.17, 15) is 8.78 Å². The Kier molecular flexibility index (Phi) is 4.82. The summed E-state index contributed by atoms with van der Waals surface area (Å²) in [5.41, 5.74) is -0.0335. The van der Waals surface area contributed by atoms with Gasteiger partial charge in [0.25, 0.3) is 0 Å². The molecule has 1 N–H and O–H groups in total. The van der Waals surface area contributed by atoms with Crippen molar-refractivity contribution in [1.29, 1.82) is 5.41 Å². The minimum absolute atomic E-state index is 0.0190. The fraction of sp³-hybridized carbons (Fsp3) is 0.500. The summed E-state index contributed by atoms with van der Waals surface area (Å²) < 4.78 is 27.0. The van der Waals surface area contributed by atoms with Gasteiger partial charge < -0.3 is 4.90 Å². The maximum absolute atomic E-state index is 13.5. The molecule has 0 bridgehead atoms. The molecule has 1 aromatic carbocycles. The number of hydrogen-bond acceptors (Lipinski definition) is 1. The van der Waals surface area contributed by atoms with Crippen molar-refractivity contribution in [2.45, 2.75) is 46.2 Å². The van der Waals surface area contributed by atoms with Crippen LogP contribution < -0.4 is 0 Å². The van der Waals surface area contributed by atoms with Crippen LogP contribution in [0.25, 0.3) is 0 Å². The van der Waals surface area contributed by atoms with E-state index in [1.165, 1.54) is 18.2 Å². The van der Waals surface area contributed by atoms with Gasteiger partial charge in [0.1, 0.15) is 17.5 Å². The molecule has 1 rings (SSSR count). The summed E-state index contributed by atoms with van der Waals surface area (Å²) >= 11 is 0. The third-order valence-electron chi connectivity index (χ3n) is 2.83. The largest absolute Gasteiger partial charge is 0.355 e. The summed E-state index contributed by atoms with van der Waals surface area (Å²) in [6, 6.07) is 4.04. The zero-order chi connectivity index (χ0) is 13.9. The van der Waals surface area contributed by atoms with Gasteiger partial charge in [-0.1, -0.05) is 6.07 Å². The van der Waals surface area contributed by atoms with Crippen LogP contribution in [-0.2, 0) is 6.42 Å². The molecule has 0 saturated carbocycles. The monoisotopic (exact) mass is 254 g/mol. The molecular weight excluding hydrogens is 234 g/mol. The molecule has 0 saturated heterocycles. The van der Waals surface area contributed by atoms with Gasteiger partial charge in [0, 0.05) is 24.1 Å². The van der Waals surface area contributed by atoms with Crippen LogP contribution in [-0.4, -0.2) is 22.8 Å². The molecule has 100 valence electrons. The summed E-state index contributed by atoms with van der Waals surface area (Å²) in [6.07, 6.45) is -0.0190. The number of halogens is 2. The Morgan fingerprint density at radius 3 is 1.94 bits per heavy atom. The van der Waals surface area contributed by atoms with Crippen LogP contribution in [0.1, 0.15) is 33.3 Å². The van der Waals surface area contributed by atoms with Gasteiger partial charge in [-0.3, -0.25) is 5.41 Å². The molecule has 0 aliphatic rings. The van der Waals surface area contributed by atoms with Crippen molar-refractivity contribution in [2.24, 2.45) is 0 Å². The SMILES string of the molecule is CC(C)N(C(=N)Cc1c(F)cccc1F)C(C)C. The Hall–Kier alpha value is -1.45. The van der Waals surface area contributed by atoms with Crippen molar-refractivity contribution < 1.29 is 8.78 Å². The molecule has 18 heavy (non-hydrogen) atoms. The van der Waals surface area contributed by atoms with Crippen molar-refractivity contribution >= 4 is 5.84 Å². The van der Waals surface area contributed by atoms with Gasteiger partial charge in [0.05, 0.1) is 0 Å². The first kappa shape index (κ1) is 14.6. The molecule has 0 spiro atoms. The lowest BCUT2D eigenvalue weighted by Gasteiger charge is -2.33. The highest BCUT2D eigenvalue weighted by Gasteiger charge is 2.19. The molecule has 0 aromatic heterocycles. The Labute approximate surface area is 107 Å². The lowest BCUT2D eigenvalue weighted by molar-refractivity contribution is 0.285. The van der Waals surface area contributed by atoms with Crippen LogP contribution in [0.2, 0.25) is 0 Å². The predicted molar refractivity (Wildman–Crippen MR) is 69.9 cm³/mol. The van der Waals surface area contributed by atoms with E-state index in [2.05, 4.69) is 0 Å². The average molecular weight is 254 g/mol. The summed E-state index contributed by atoms with van der Waals surface area (Å²) in [6.45, 7) is 7.86. The molecule has 0 amide bonds. The van der Waals surface area contributed by atoms with Gasteiger partial charge in [0.2, 0.25) is 0 Å². The van der Waals surface area contributed by atoms with Gasteiger partial charge in [-0.05, 0) is 39.8 Å². The number of benzene rings is 1. The van der Waals surface area contributed by atoms with Crippen LogP contribution in [0.4, 0.5) is 8.78 Å². The smallest absolute Gasteiger partial charge is 0.129 e. The van der Waals surface area contributed by atoms with E-state index in [-0.39, 0.29) is 29.9 Å². The fourth-order valence-corrected chi connectivity index (χ4v) is 2.18. The zero-order valence-electron chi connectivity index (χ0n) is 11.3. The predicted octanol–water partition coefficient (Wildman–Crippen LogP) is 3.60. The van der Waals surface area contributed by atoms with E-state index < -0.39 is 11.6 Å². The second kappa shape index (κ2) is 5.94. The Bertz CT molecular complexity index is 400. The maximum Gasteiger partial charge on any atom is 0.129 e. The van der Waals surface area contributed by atoms with Gasteiger partial charge in [-0.2, -0.15) is 0 Å². The topological polar surface area (TPSA) is 27.1 Å². The quantitative estimate of drug-likeness (QED) is 0.645. The number of nitrogens with zero attached hydrogens (tertiary/aromatic N) is 1. The molecule has 0 fully saturated rings. The molecule has 0 radical (unpaired) electrons. The van der Waals surface area contributed by atoms with E-state index in [0.29, 0.717) is 0 Å². The average Bonchev–Trinajstić information content (AvgIpc) is 2.22. The Morgan fingerprint density at radius 1 is 1.11 bits per heavy atom. The Balaban J connectivity index is 2.93. The minimum Gasteiger partial charge on any atom is -0.355 e. The van der Waals surface area contributed by atoms with Crippen molar-refractivity contribution in [3.8, 4) is 0 Å². The molecule has 0 unspecified atom stereocenters. The molecule has 4 heteroatoms. The van der Waals surface area contributed by atoms with Crippen molar-refractivity contribution in [3.05, 3.63) is 35.4 Å². The van der Waals surface area contributed by atoms with Crippen LogP contribution in [0, 0.1) is 17.0 Å². The maximum atomic E-state index is 13.5. The van der Waals surface area contributed by atoms with E-state index in [0.717, 1.165) is 0 Å². The fourth-order valence-electron chi connectivity index (χ4n) is 2.18. The van der Waals surface area contributed by atoms with Crippen LogP contribution in [0.15, 0.2) is 18.2 Å². The highest BCUT2D eigenvalue weighted by atomic mass is 19.1. The molecule has 0 aliphatic heterocycles. The molecule has 0 aliphatic carbocycles. The number of hydrogen-bond donors (Lipinski definition) is 1. The van der Waals surface area contributed by atoms with Crippen LogP contribution >= 0.6 is 0 Å². The highest BCUT2D eigenvalue weighted by Crippen LogP contribution is 2.16. The zero-order valence-corrected chi connectivity index (χ0v) is 11.3. The van der Waals surface area contributed by atoms with E-state index in [4.69, 9.17) is 5.41 Å².